The van der Waals surface area contributed by atoms with E-state index in [4.69, 9.17) is 4.74 Å². The largest absolute Gasteiger partial charge is 0.497 e. The molecule has 24 heavy (non-hydrogen) atoms. The number of aliphatic imine (C=N–C) groups is 1. The molecule has 1 fully saturated rings. The van der Waals surface area contributed by atoms with E-state index >= 15 is 0 Å². The zero-order chi connectivity index (χ0) is 17.5. The molecule has 0 N–H and O–H groups in total. The summed E-state index contributed by atoms with van der Waals surface area (Å²) in [6.45, 7) is 2.91. The van der Waals surface area contributed by atoms with Crippen LogP contribution in [0.3, 0.4) is 0 Å². The topological polar surface area (TPSA) is 93.1 Å². The van der Waals surface area contributed by atoms with Crippen LogP contribution in [-0.4, -0.2) is 70.6 Å². The number of benzene rings is 1. The summed E-state index contributed by atoms with van der Waals surface area (Å²) in [5, 5.41) is -0.987. The van der Waals surface area contributed by atoms with Gasteiger partial charge in [-0.2, -0.15) is 0 Å². The van der Waals surface area contributed by atoms with Crippen LogP contribution in [0.5, 0.6) is 5.75 Å². The number of methoxy groups -OCH3 is 1. The van der Waals surface area contributed by atoms with Crippen molar-refractivity contribution in [3.63, 3.8) is 0 Å². The van der Waals surface area contributed by atoms with Gasteiger partial charge >= 0.3 is 0 Å². The van der Waals surface area contributed by atoms with Gasteiger partial charge in [-0.05, 0) is 31.2 Å². The van der Waals surface area contributed by atoms with Crippen molar-refractivity contribution in [2.75, 3.05) is 31.7 Å². The maximum absolute atomic E-state index is 13.0. The molecule has 9 heteroatoms. The molecule has 2 heterocycles. The first-order valence-corrected chi connectivity index (χ1v) is 11.0. The van der Waals surface area contributed by atoms with Crippen LogP contribution in [-0.2, 0) is 19.7 Å². The van der Waals surface area contributed by atoms with Crippen molar-refractivity contribution < 1.29 is 21.6 Å². The van der Waals surface area contributed by atoms with E-state index in [2.05, 4.69) is 4.99 Å². The Balaban J connectivity index is 1.98. The highest BCUT2D eigenvalue weighted by molar-refractivity contribution is 7.96. The van der Waals surface area contributed by atoms with Crippen molar-refractivity contribution in [2.24, 2.45) is 4.99 Å². The van der Waals surface area contributed by atoms with Crippen molar-refractivity contribution in [2.45, 2.75) is 23.1 Å². The van der Waals surface area contributed by atoms with Gasteiger partial charge in [0.05, 0.1) is 41.9 Å². The second-order valence-electron chi connectivity index (χ2n) is 6.03. The molecule has 0 spiro atoms. The van der Waals surface area contributed by atoms with Crippen LogP contribution in [0.25, 0.3) is 0 Å². The summed E-state index contributed by atoms with van der Waals surface area (Å²) in [4.78, 5) is 6.19. The molecule has 1 aromatic carbocycles. The van der Waals surface area contributed by atoms with E-state index in [0.717, 1.165) is 0 Å². The van der Waals surface area contributed by atoms with Gasteiger partial charge in [0.15, 0.2) is 19.7 Å². The van der Waals surface area contributed by atoms with Crippen molar-refractivity contribution in [1.82, 2.24) is 4.90 Å². The Morgan fingerprint density at radius 3 is 2.42 bits per heavy atom. The maximum atomic E-state index is 13.0. The fourth-order valence-corrected chi connectivity index (χ4v) is 8.08. The van der Waals surface area contributed by atoms with Crippen molar-refractivity contribution in [3.8, 4) is 5.75 Å². The number of rotatable bonds is 4. The third-order valence-electron chi connectivity index (χ3n) is 4.56. The monoisotopic (exact) mass is 372 g/mol. The van der Waals surface area contributed by atoms with Crippen LogP contribution < -0.4 is 4.74 Å². The number of ether oxygens (including phenoxy) is 1. The first-order valence-electron chi connectivity index (χ1n) is 7.61. The van der Waals surface area contributed by atoms with Gasteiger partial charge in [0.2, 0.25) is 0 Å². The standard InChI is InChI=1S/C15H20N2O5S2/c1-11-16-7-8-17(11)14-9-23(18,19)10-15(14)24(20,21)13-5-3-12(22-2)4-6-13/h3-6,14-15H,7-10H2,1-2H3/t14-,15-/m0/s1. The van der Waals surface area contributed by atoms with Crippen LogP contribution in [0.1, 0.15) is 6.92 Å². The van der Waals surface area contributed by atoms with Gasteiger partial charge in [-0.15, -0.1) is 0 Å². The zero-order valence-electron chi connectivity index (χ0n) is 13.5. The zero-order valence-corrected chi connectivity index (χ0v) is 15.2. The second-order valence-corrected chi connectivity index (χ2v) is 10.3. The lowest BCUT2D eigenvalue weighted by atomic mass is 10.2. The minimum atomic E-state index is -3.78. The summed E-state index contributed by atoms with van der Waals surface area (Å²) < 4.78 is 55.4. The minimum Gasteiger partial charge on any atom is -0.497 e. The molecule has 2 aliphatic rings. The van der Waals surface area contributed by atoms with Crippen LogP contribution >= 0.6 is 0 Å². The summed E-state index contributed by atoms with van der Waals surface area (Å²) in [6.07, 6.45) is 0. The molecule has 2 aliphatic heterocycles. The first kappa shape index (κ1) is 17.2. The Labute approximate surface area is 142 Å². The molecule has 0 radical (unpaired) electrons. The minimum absolute atomic E-state index is 0.115. The number of hydrogen-bond acceptors (Lipinski definition) is 7. The lowest BCUT2D eigenvalue weighted by Gasteiger charge is -2.29. The fourth-order valence-electron chi connectivity index (χ4n) is 3.30. The molecule has 7 nitrogen and oxygen atoms in total. The van der Waals surface area contributed by atoms with E-state index in [-0.39, 0.29) is 16.4 Å². The van der Waals surface area contributed by atoms with E-state index in [0.29, 0.717) is 24.7 Å². The highest BCUT2D eigenvalue weighted by atomic mass is 32.2. The average molecular weight is 372 g/mol. The van der Waals surface area contributed by atoms with Gasteiger partial charge in [0.1, 0.15) is 11.0 Å². The van der Waals surface area contributed by atoms with Gasteiger partial charge in [0, 0.05) is 6.54 Å². The molecule has 1 saturated heterocycles. The number of amidine groups is 1. The van der Waals surface area contributed by atoms with E-state index in [1.165, 1.54) is 19.2 Å². The van der Waals surface area contributed by atoms with Crippen LogP contribution in [0.4, 0.5) is 0 Å². The van der Waals surface area contributed by atoms with E-state index < -0.39 is 31.0 Å². The molecule has 0 unspecified atom stereocenters. The third-order valence-corrected chi connectivity index (χ3v) is 8.69. The van der Waals surface area contributed by atoms with Crippen LogP contribution in [0, 0.1) is 0 Å². The normalized spacial score (nSPS) is 26.4. The first-order chi connectivity index (χ1) is 11.2. The van der Waals surface area contributed by atoms with Crippen molar-refractivity contribution >= 4 is 25.5 Å². The van der Waals surface area contributed by atoms with Gasteiger partial charge in [0.25, 0.3) is 0 Å². The SMILES string of the molecule is COc1ccc(S(=O)(=O)[C@H]2CS(=O)(=O)C[C@@H]2N2CCN=C2C)cc1. The lowest BCUT2D eigenvalue weighted by molar-refractivity contribution is 0.360. The summed E-state index contributed by atoms with van der Waals surface area (Å²) >= 11 is 0. The molecule has 2 atom stereocenters. The quantitative estimate of drug-likeness (QED) is 0.758. The summed E-state index contributed by atoms with van der Waals surface area (Å²) in [7, 11) is -5.69. The smallest absolute Gasteiger partial charge is 0.184 e. The summed E-state index contributed by atoms with van der Waals surface area (Å²) in [5.74, 6) is 0.745. The Bertz CT molecular complexity index is 860. The predicted octanol–water partition coefficient (Wildman–Crippen LogP) is 0.369. The second kappa shape index (κ2) is 6.03. The Morgan fingerprint density at radius 2 is 1.88 bits per heavy atom. The number of hydrogen-bond donors (Lipinski definition) is 0. The predicted molar refractivity (Wildman–Crippen MR) is 91.1 cm³/mol. The highest BCUT2D eigenvalue weighted by Crippen LogP contribution is 2.30. The summed E-state index contributed by atoms with van der Waals surface area (Å²) in [6, 6.07) is 5.46. The molecule has 0 bridgehead atoms. The van der Waals surface area contributed by atoms with Crippen molar-refractivity contribution in [3.05, 3.63) is 24.3 Å². The number of nitrogens with zero attached hydrogens (tertiary/aromatic N) is 2. The third kappa shape index (κ3) is 3.02. The Morgan fingerprint density at radius 1 is 1.21 bits per heavy atom. The molecule has 1 aromatic rings. The lowest BCUT2D eigenvalue weighted by Crippen LogP contribution is -2.47. The molecule has 0 saturated carbocycles. The van der Waals surface area contributed by atoms with Crippen LogP contribution in [0.15, 0.2) is 34.2 Å². The molecule has 3 rings (SSSR count). The van der Waals surface area contributed by atoms with Gasteiger partial charge in [-0.25, -0.2) is 16.8 Å². The summed E-state index contributed by atoms with van der Waals surface area (Å²) in [5.41, 5.74) is 0. The van der Waals surface area contributed by atoms with Gasteiger partial charge in [-0.1, -0.05) is 0 Å². The molecular weight excluding hydrogens is 352 g/mol. The highest BCUT2D eigenvalue weighted by Gasteiger charge is 2.49. The van der Waals surface area contributed by atoms with Gasteiger partial charge in [-0.3, -0.25) is 4.99 Å². The molecular formula is C15H20N2O5S2. The van der Waals surface area contributed by atoms with Gasteiger partial charge < -0.3 is 9.64 Å². The molecule has 0 aromatic heterocycles. The fraction of sp³-hybridized carbons (Fsp3) is 0.533. The maximum Gasteiger partial charge on any atom is 0.184 e. The van der Waals surface area contributed by atoms with E-state index in [1.54, 1.807) is 19.1 Å². The van der Waals surface area contributed by atoms with E-state index in [9.17, 15) is 16.8 Å². The molecule has 132 valence electrons. The van der Waals surface area contributed by atoms with E-state index in [1.807, 2.05) is 4.90 Å². The van der Waals surface area contributed by atoms with Crippen molar-refractivity contribution in [1.29, 1.82) is 0 Å². The molecule has 0 aliphatic carbocycles. The average Bonchev–Trinajstić information content (AvgIpc) is 3.10. The number of sulfone groups is 2. The van der Waals surface area contributed by atoms with Crippen LogP contribution in [0.2, 0.25) is 0 Å². The Kier molecular flexibility index (Phi) is 4.33. The molecule has 0 amide bonds. The Hall–Kier alpha value is -1.61.